The summed E-state index contributed by atoms with van der Waals surface area (Å²) in [6, 6.07) is 11.7. The molecule has 0 aliphatic rings. The lowest BCUT2D eigenvalue weighted by Gasteiger charge is -2.12. The highest BCUT2D eigenvalue weighted by atomic mass is 127. The predicted molar refractivity (Wildman–Crippen MR) is 123 cm³/mol. The number of rotatable bonds is 10. The molecule has 8 heteroatoms. The topological polar surface area (TPSA) is 79.7 Å². The van der Waals surface area contributed by atoms with Crippen molar-refractivity contribution in [2.45, 2.75) is 26.9 Å². The summed E-state index contributed by atoms with van der Waals surface area (Å²) in [7, 11) is 0. The lowest BCUT2D eigenvalue weighted by molar-refractivity contribution is -0.122. The normalized spacial score (nSPS) is 10.7. The van der Waals surface area contributed by atoms with E-state index in [0.29, 0.717) is 18.8 Å². The number of benzene rings is 1. The Morgan fingerprint density at radius 3 is 2.54 bits per heavy atom. The summed E-state index contributed by atoms with van der Waals surface area (Å²) in [5, 5.41) is 9.29. The summed E-state index contributed by atoms with van der Waals surface area (Å²) in [5.41, 5.74) is 1.02. The summed E-state index contributed by atoms with van der Waals surface area (Å²) in [4.78, 5) is 16.1. The average Bonchev–Trinajstić information content (AvgIpc) is 3.18. The van der Waals surface area contributed by atoms with E-state index in [4.69, 9.17) is 4.74 Å². The molecule has 28 heavy (non-hydrogen) atoms. The lowest BCUT2D eigenvalue weighted by atomic mass is 10.2. The van der Waals surface area contributed by atoms with Crippen molar-refractivity contribution in [3.63, 3.8) is 0 Å². The van der Waals surface area contributed by atoms with E-state index in [9.17, 15) is 4.79 Å². The molecule has 0 spiro atoms. The summed E-state index contributed by atoms with van der Waals surface area (Å²) in [6.45, 7) is 7.52. The Morgan fingerprint density at radius 1 is 1.07 bits per heavy atom. The van der Waals surface area contributed by atoms with Crippen LogP contribution in [0.2, 0.25) is 0 Å². The number of aliphatic imine (C=N–C) groups is 1. The van der Waals surface area contributed by atoms with Gasteiger partial charge in [0.15, 0.2) is 12.6 Å². The smallest absolute Gasteiger partial charge is 0.257 e. The third-order valence-electron chi connectivity index (χ3n) is 3.73. The van der Waals surface area contributed by atoms with Crippen molar-refractivity contribution in [2.24, 2.45) is 4.99 Å². The average molecular weight is 499 g/mol. The zero-order valence-electron chi connectivity index (χ0n) is 16.5. The Labute approximate surface area is 184 Å². The summed E-state index contributed by atoms with van der Waals surface area (Å²) in [6.07, 6.45) is 4.08. The molecule has 3 N–H and O–H groups in total. The van der Waals surface area contributed by atoms with Crippen molar-refractivity contribution >= 4 is 35.8 Å². The van der Waals surface area contributed by atoms with Crippen LogP contribution in [0.5, 0.6) is 5.75 Å². The molecule has 0 aliphatic carbocycles. The quantitative estimate of drug-likeness (QED) is 0.267. The van der Waals surface area contributed by atoms with Crippen LogP contribution in [0, 0.1) is 0 Å². The highest BCUT2D eigenvalue weighted by Crippen LogP contribution is 2.14. The molecule has 0 aliphatic heterocycles. The number of likely N-dealkylation sites (N-methyl/N-ethyl adjacent to an activating group) is 1. The number of hydrogen-bond acceptors (Lipinski definition) is 3. The number of halogens is 1. The van der Waals surface area contributed by atoms with Gasteiger partial charge in [-0.15, -0.1) is 24.0 Å². The fraction of sp³-hybridized carbons (Fsp3) is 0.400. The second-order valence-corrected chi connectivity index (χ2v) is 5.93. The maximum Gasteiger partial charge on any atom is 0.257 e. The van der Waals surface area contributed by atoms with Gasteiger partial charge in [0.25, 0.3) is 5.91 Å². The van der Waals surface area contributed by atoms with Gasteiger partial charge in [0.1, 0.15) is 5.75 Å². The van der Waals surface area contributed by atoms with Crippen molar-refractivity contribution in [1.29, 1.82) is 0 Å². The monoisotopic (exact) mass is 499 g/mol. The lowest BCUT2D eigenvalue weighted by Crippen LogP contribution is -2.38. The van der Waals surface area contributed by atoms with Gasteiger partial charge >= 0.3 is 0 Å². The molecule has 1 aromatic heterocycles. The number of nitrogens with zero attached hydrogens (tertiary/aromatic N) is 2. The van der Waals surface area contributed by atoms with Crippen molar-refractivity contribution in [1.82, 2.24) is 20.5 Å². The highest BCUT2D eigenvalue weighted by Gasteiger charge is 2.03. The van der Waals surface area contributed by atoms with E-state index in [0.717, 1.165) is 31.2 Å². The minimum atomic E-state index is -0.123. The molecule has 0 atom stereocenters. The van der Waals surface area contributed by atoms with E-state index in [1.165, 1.54) is 0 Å². The van der Waals surface area contributed by atoms with Crippen molar-refractivity contribution < 1.29 is 9.53 Å². The SMILES string of the molecule is CCNC(=O)COc1cccc(CN=C(NCC)NCCn2cccc2)c1.I. The van der Waals surface area contributed by atoms with Crippen LogP contribution in [0.3, 0.4) is 0 Å². The number of carbonyl (C=O) groups excluding carboxylic acids is 1. The van der Waals surface area contributed by atoms with Gasteiger partial charge in [-0.05, 0) is 43.7 Å². The molecular formula is C20H30IN5O2. The first-order valence-electron chi connectivity index (χ1n) is 9.32. The Hall–Kier alpha value is -2.23. The molecule has 0 unspecified atom stereocenters. The number of ether oxygens (including phenoxy) is 1. The number of amides is 1. The van der Waals surface area contributed by atoms with Crippen molar-refractivity contribution in [3.8, 4) is 5.75 Å². The van der Waals surface area contributed by atoms with E-state index in [1.807, 2.05) is 62.6 Å². The van der Waals surface area contributed by atoms with Crippen LogP contribution < -0.4 is 20.7 Å². The highest BCUT2D eigenvalue weighted by molar-refractivity contribution is 14.0. The Balaban J connectivity index is 0.00000392. The molecule has 0 bridgehead atoms. The van der Waals surface area contributed by atoms with Gasteiger partial charge in [-0.25, -0.2) is 4.99 Å². The molecule has 0 fully saturated rings. The molecule has 1 heterocycles. The van der Waals surface area contributed by atoms with E-state index < -0.39 is 0 Å². The first-order chi connectivity index (χ1) is 13.2. The first-order valence-corrected chi connectivity index (χ1v) is 9.32. The minimum absolute atomic E-state index is 0. The minimum Gasteiger partial charge on any atom is -0.484 e. The van der Waals surface area contributed by atoms with Crippen LogP contribution >= 0.6 is 24.0 Å². The molecule has 0 radical (unpaired) electrons. The molecule has 154 valence electrons. The van der Waals surface area contributed by atoms with E-state index in [-0.39, 0.29) is 36.5 Å². The van der Waals surface area contributed by atoms with E-state index in [1.54, 1.807) is 0 Å². The van der Waals surface area contributed by atoms with Crippen LogP contribution in [-0.4, -0.2) is 42.7 Å². The maximum atomic E-state index is 11.5. The largest absolute Gasteiger partial charge is 0.484 e. The van der Waals surface area contributed by atoms with Gasteiger partial charge in [0.2, 0.25) is 0 Å². The fourth-order valence-electron chi connectivity index (χ4n) is 2.47. The van der Waals surface area contributed by atoms with Crippen molar-refractivity contribution in [3.05, 3.63) is 54.4 Å². The Bertz CT molecular complexity index is 719. The third-order valence-corrected chi connectivity index (χ3v) is 3.73. The number of carbonyl (C=O) groups is 1. The predicted octanol–water partition coefficient (Wildman–Crippen LogP) is 2.38. The number of nitrogens with one attached hydrogen (secondary N) is 3. The molecule has 1 amide bonds. The van der Waals surface area contributed by atoms with E-state index >= 15 is 0 Å². The van der Waals surface area contributed by atoms with E-state index in [2.05, 4.69) is 25.5 Å². The van der Waals surface area contributed by atoms with Gasteiger partial charge in [0.05, 0.1) is 6.54 Å². The zero-order chi connectivity index (χ0) is 19.3. The molecule has 0 saturated heterocycles. The molecule has 2 rings (SSSR count). The van der Waals surface area contributed by atoms with Gasteiger partial charge < -0.3 is 25.3 Å². The summed E-state index contributed by atoms with van der Waals surface area (Å²) in [5.74, 6) is 1.32. The molecular weight excluding hydrogens is 469 g/mol. The number of hydrogen-bond donors (Lipinski definition) is 3. The molecule has 2 aromatic rings. The second-order valence-electron chi connectivity index (χ2n) is 5.93. The summed E-state index contributed by atoms with van der Waals surface area (Å²) >= 11 is 0. The molecule has 7 nitrogen and oxygen atoms in total. The van der Waals surface area contributed by atoms with Gasteiger partial charge in [-0.3, -0.25) is 4.79 Å². The third kappa shape index (κ3) is 9.12. The van der Waals surface area contributed by atoms with Crippen LogP contribution in [0.4, 0.5) is 0 Å². The maximum absolute atomic E-state index is 11.5. The van der Waals surface area contributed by atoms with Gasteiger partial charge in [-0.2, -0.15) is 0 Å². The number of guanidine groups is 1. The summed E-state index contributed by atoms with van der Waals surface area (Å²) < 4.78 is 7.64. The van der Waals surface area contributed by atoms with Gasteiger partial charge in [0, 0.05) is 38.6 Å². The first kappa shape index (κ1) is 23.8. The van der Waals surface area contributed by atoms with Crippen LogP contribution in [0.15, 0.2) is 53.8 Å². The Morgan fingerprint density at radius 2 is 1.82 bits per heavy atom. The zero-order valence-corrected chi connectivity index (χ0v) is 18.8. The fourth-order valence-corrected chi connectivity index (χ4v) is 2.47. The second kappa shape index (κ2) is 13.9. The van der Waals surface area contributed by atoms with Gasteiger partial charge in [-0.1, -0.05) is 12.1 Å². The van der Waals surface area contributed by atoms with Crippen LogP contribution in [-0.2, 0) is 17.9 Å². The van der Waals surface area contributed by atoms with Crippen LogP contribution in [0.25, 0.3) is 0 Å². The Kier molecular flexibility index (Phi) is 11.8. The molecule has 1 aromatic carbocycles. The van der Waals surface area contributed by atoms with Crippen molar-refractivity contribution in [2.75, 3.05) is 26.2 Å². The standard InChI is InChI=1S/C20H29N5O2.HI/c1-3-21-19(26)16-27-18-9-7-8-17(14-18)15-24-20(22-4-2)23-10-13-25-11-5-6-12-25;/h5-9,11-12,14H,3-4,10,13,15-16H2,1-2H3,(H,21,26)(H2,22,23,24);1H. The molecule has 0 saturated carbocycles. The van der Waals surface area contributed by atoms with Crippen LogP contribution in [0.1, 0.15) is 19.4 Å². The number of aromatic nitrogens is 1.